The second-order valence-electron chi connectivity index (χ2n) is 3.27. The maximum Gasteiger partial charge on any atom is 0.371 e. The largest absolute Gasteiger partial charge is 0.475 e. The lowest BCUT2D eigenvalue weighted by Gasteiger charge is -1.97. The lowest BCUT2D eigenvalue weighted by molar-refractivity contribution is 0.0660. The molecule has 2 heterocycles. The predicted molar refractivity (Wildman–Crippen MR) is 60.1 cm³/mol. The summed E-state index contributed by atoms with van der Waals surface area (Å²) in [4.78, 5) is 13.5. The van der Waals surface area contributed by atoms with Gasteiger partial charge in [-0.25, -0.2) is 4.79 Å². The van der Waals surface area contributed by atoms with E-state index in [1.54, 1.807) is 12.3 Å². The minimum Gasteiger partial charge on any atom is -0.475 e. The molecule has 5 heteroatoms. The molecule has 16 heavy (non-hydrogen) atoms. The Kier molecular flexibility index (Phi) is 2.87. The summed E-state index contributed by atoms with van der Waals surface area (Å²) in [6.07, 6.45) is 2.24. The van der Waals surface area contributed by atoms with Crippen molar-refractivity contribution in [1.29, 1.82) is 0 Å². The minimum absolute atomic E-state index is 0.0548. The van der Waals surface area contributed by atoms with E-state index in [-0.39, 0.29) is 5.76 Å². The van der Waals surface area contributed by atoms with Crippen LogP contribution in [0.3, 0.4) is 0 Å². The fourth-order valence-electron chi connectivity index (χ4n) is 1.37. The van der Waals surface area contributed by atoms with Gasteiger partial charge in [-0.1, -0.05) is 18.3 Å². The summed E-state index contributed by atoms with van der Waals surface area (Å²) in [5.41, 5.74) is 0.906. The zero-order valence-corrected chi connectivity index (χ0v) is 9.08. The molecule has 0 bridgehead atoms. The van der Waals surface area contributed by atoms with Gasteiger partial charge in [-0.15, -0.1) is 0 Å². The van der Waals surface area contributed by atoms with Gasteiger partial charge in [0.05, 0.1) is 0 Å². The first-order chi connectivity index (χ1) is 7.66. The zero-order chi connectivity index (χ0) is 11.5. The third-order valence-corrected chi connectivity index (χ3v) is 2.52. The van der Waals surface area contributed by atoms with Crippen LogP contribution in [0.1, 0.15) is 21.9 Å². The normalized spacial score (nSPS) is 10.2. The number of carbonyl (C=O) groups is 1. The SMILES string of the molecule is O=C(O)c1ccc(Cc2ccc[nH]c2=S)o1. The highest BCUT2D eigenvalue weighted by molar-refractivity contribution is 7.71. The van der Waals surface area contributed by atoms with Crippen molar-refractivity contribution < 1.29 is 14.3 Å². The fourth-order valence-corrected chi connectivity index (χ4v) is 1.58. The van der Waals surface area contributed by atoms with Crippen LogP contribution < -0.4 is 0 Å². The highest BCUT2D eigenvalue weighted by Gasteiger charge is 2.09. The third kappa shape index (κ3) is 2.20. The van der Waals surface area contributed by atoms with Crippen molar-refractivity contribution in [3.05, 3.63) is 52.2 Å². The first-order valence-electron chi connectivity index (χ1n) is 4.65. The highest BCUT2D eigenvalue weighted by atomic mass is 32.1. The van der Waals surface area contributed by atoms with Crippen LogP contribution in [0.4, 0.5) is 0 Å². The van der Waals surface area contributed by atoms with E-state index in [2.05, 4.69) is 4.98 Å². The van der Waals surface area contributed by atoms with Crippen molar-refractivity contribution in [2.75, 3.05) is 0 Å². The molecule has 0 saturated carbocycles. The molecule has 2 aromatic heterocycles. The topological polar surface area (TPSA) is 66.2 Å². The van der Waals surface area contributed by atoms with E-state index in [0.29, 0.717) is 16.8 Å². The van der Waals surface area contributed by atoms with E-state index in [0.717, 1.165) is 5.56 Å². The molecule has 0 atom stereocenters. The molecule has 4 nitrogen and oxygen atoms in total. The maximum atomic E-state index is 10.6. The van der Waals surface area contributed by atoms with Crippen molar-refractivity contribution in [3.8, 4) is 0 Å². The Morgan fingerprint density at radius 3 is 2.88 bits per heavy atom. The molecule has 0 aliphatic rings. The fraction of sp³-hybridized carbons (Fsp3) is 0.0909. The van der Waals surface area contributed by atoms with Gasteiger partial charge in [0.15, 0.2) is 0 Å². The monoisotopic (exact) mass is 235 g/mol. The number of aromatic carboxylic acids is 1. The lowest BCUT2D eigenvalue weighted by Crippen LogP contribution is -1.92. The summed E-state index contributed by atoms with van der Waals surface area (Å²) in [5.74, 6) is -0.534. The summed E-state index contributed by atoms with van der Waals surface area (Å²) in [5, 5.41) is 8.70. The van der Waals surface area contributed by atoms with Gasteiger partial charge in [0, 0.05) is 12.6 Å². The van der Waals surface area contributed by atoms with Gasteiger partial charge in [-0.3, -0.25) is 0 Å². The first kappa shape index (κ1) is 10.6. The molecular formula is C11H9NO3S. The molecule has 0 aromatic carbocycles. The number of nitrogens with one attached hydrogen (secondary N) is 1. The summed E-state index contributed by atoms with van der Waals surface area (Å²) < 4.78 is 5.78. The van der Waals surface area contributed by atoms with Crippen LogP contribution in [0, 0.1) is 4.64 Å². The molecule has 2 N–H and O–H groups in total. The number of furan rings is 1. The predicted octanol–water partition coefficient (Wildman–Crippen LogP) is 2.63. The Labute approximate surface area is 96.5 Å². The maximum absolute atomic E-state index is 10.6. The molecule has 0 amide bonds. The Hall–Kier alpha value is -1.88. The summed E-state index contributed by atoms with van der Waals surface area (Å²) in [6.45, 7) is 0. The van der Waals surface area contributed by atoms with E-state index >= 15 is 0 Å². The number of hydrogen-bond acceptors (Lipinski definition) is 3. The number of carboxylic acids is 1. The van der Waals surface area contributed by atoms with Gasteiger partial charge in [0.1, 0.15) is 10.4 Å². The van der Waals surface area contributed by atoms with Crippen LogP contribution in [0.2, 0.25) is 0 Å². The Morgan fingerprint density at radius 1 is 1.44 bits per heavy atom. The lowest BCUT2D eigenvalue weighted by atomic mass is 10.2. The molecule has 0 aliphatic carbocycles. The number of pyridine rings is 1. The van der Waals surface area contributed by atoms with Crippen LogP contribution >= 0.6 is 12.2 Å². The summed E-state index contributed by atoms with van der Waals surface area (Å²) in [7, 11) is 0. The first-order valence-corrected chi connectivity index (χ1v) is 5.06. The van der Waals surface area contributed by atoms with Gasteiger partial charge < -0.3 is 14.5 Å². The average molecular weight is 235 g/mol. The Morgan fingerprint density at radius 2 is 2.25 bits per heavy atom. The number of carboxylic acid groups (broad SMARTS) is 1. The average Bonchev–Trinajstić information content (AvgIpc) is 2.70. The minimum atomic E-state index is -1.07. The molecule has 0 unspecified atom stereocenters. The van der Waals surface area contributed by atoms with Crippen LogP contribution in [0.25, 0.3) is 0 Å². The van der Waals surface area contributed by atoms with Gasteiger partial charge in [-0.05, 0) is 23.8 Å². The van der Waals surface area contributed by atoms with E-state index < -0.39 is 5.97 Å². The molecule has 0 radical (unpaired) electrons. The highest BCUT2D eigenvalue weighted by Crippen LogP contribution is 2.13. The molecule has 0 spiro atoms. The molecule has 0 aliphatic heterocycles. The Balaban J connectivity index is 2.24. The molecule has 0 saturated heterocycles. The van der Waals surface area contributed by atoms with Gasteiger partial charge in [0.25, 0.3) is 0 Å². The van der Waals surface area contributed by atoms with E-state index in [1.807, 2.05) is 12.1 Å². The molecule has 0 fully saturated rings. The van der Waals surface area contributed by atoms with Gasteiger partial charge >= 0.3 is 5.97 Å². The number of hydrogen-bond donors (Lipinski definition) is 2. The number of aromatic nitrogens is 1. The number of aromatic amines is 1. The Bertz CT molecular complexity index is 570. The van der Waals surface area contributed by atoms with Gasteiger partial charge in [-0.2, -0.15) is 0 Å². The van der Waals surface area contributed by atoms with Crippen LogP contribution in [-0.2, 0) is 6.42 Å². The molecule has 2 aromatic rings. The molecule has 82 valence electrons. The van der Waals surface area contributed by atoms with E-state index in [1.165, 1.54) is 6.07 Å². The van der Waals surface area contributed by atoms with Crippen LogP contribution in [0.15, 0.2) is 34.9 Å². The number of rotatable bonds is 3. The van der Waals surface area contributed by atoms with Crippen LogP contribution in [-0.4, -0.2) is 16.1 Å². The molecular weight excluding hydrogens is 226 g/mol. The zero-order valence-electron chi connectivity index (χ0n) is 8.27. The van der Waals surface area contributed by atoms with Crippen LogP contribution in [0.5, 0.6) is 0 Å². The van der Waals surface area contributed by atoms with Gasteiger partial charge in [0.2, 0.25) is 5.76 Å². The smallest absolute Gasteiger partial charge is 0.371 e. The van der Waals surface area contributed by atoms with Crippen molar-refractivity contribution in [2.45, 2.75) is 6.42 Å². The standard InChI is InChI=1S/C11H9NO3S/c13-11(14)9-4-3-8(15-9)6-7-2-1-5-12-10(7)16/h1-5H,6H2,(H,12,16)(H,13,14). The van der Waals surface area contributed by atoms with E-state index in [9.17, 15) is 4.79 Å². The van der Waals surface area contributed by atoms with E-state index in [4.69, 9.17) is 21.7 Å². The second kappa shape index (κ2) is 4.32. The van der Waals surface area contributed by atoms with Crippen molar-refractivity contribution >= 4 is 18.2 Å². The quantitative estimate of drug-likeness (QED) is 0.802. The van der Waals surface area contributed by atoms with Crippen molar-refractivity contribution in [1.82, 2.24) is 4.98 Å². The second-order valence-corrected chi connectivity index (χ2v) is 3.68. The summed E-state index contributed by atoms with van der Waals surface area (Å²) in [6, 6.07) is 6.80. The number of H-pyrrole nitrogens is 1. The summed E-state index contributed by atoms with van der Waals surface area (Å²) >= 11 is 5.10. The van der Waals surface area contributed by atoms with Crippen molar-refractivity contribution in [2.24, 2.45) is 0 Å². The molecule has 2 rings (SSSR count). The van der Waals surface area contributed by atoms with Crippen molar-refractivity contribution in [3.63, 3.8) is 0 Å². The third-order valence-electron chi connectivity index (χ3n) is 2.14.